The SMILES string of the molecule is CCOP(=O)(OCC)C(CN(C)C)S(=O)c1ccc(C)cc1. The van der Waals surface area contributed by atoms with Gasteiger partial charge in [-0.15, -0.1) is 0 Å². The third kappa shape index (κ3) is 5.28. The van der Waals surface area contributed by atoms with Crippen LogP contribution in [-0.2, 0) is 24.4 Å². The van der Waals surface area contributed by atoms with Gasteiger partial charge >= 0.3 is 7.60 Å². The second kappa shape index (κ2) is 8.94. The van der Waals surface area contributed by atoms with E-state index < -0.39 is 23.4 Å². The maximum atomic E-state index is 13.1. The van der Waals surface area contributed by atoms with E-state index in [0.29, 0.717) is 11.4 Å². The number of benzene rings is 1. The van der Waals surface area contributed by atoms with Crippen molar-refractivity contribution >= 4 is 18.4 Å². The minimum Gasteiger partial charge on any atom is -0.308 e. The van der Waals surface area contributed by atoms with Gasteiger partial charge in [0, 0.05) is 11.4 Å². The number of aryl methyl sites for hydroxylation is 1. The van der Waals surface area contributed by atoms with E-state index in [2.05, 4.69) is 0 Å². The van der Waals surface area contributed by atoms with Crippen molar-refractivity contribution in [2.75, 3.05) is 33.9 Å². The summed E-state index contributed by atoms with van der Waals surface area (Å²) in [6, 6.07) is 7.39. The molecular formula is C15H26NO4PS. The lowest BCUT2D eigenvalue weighted by atomic mass is 10.2. The van der Waals surface area contributed by atoms with E-state index in [-0.39, 0.29) is 13.2 Å². The van der Waals surface area contributed by atoms with Crippen molar-refractivity contribution < 1.29 is 17.8 Å². The van der Waals surface area contributed by atoms with Crippen LogP contribution in [-0.4, -0.2) is 48.0 Å². The summed E-state index contributed by atoms with van der Waals surface area (Å²) in [5.41, 5.74) is 1.09. The minimum atomic E-state index is -3.46. The van der Waals surface area contributed by atoms with Gasteiger partial charge < -0.3 is 13.9 Å². The average molecular weight is 347 g/mol. The van der Waals surface area contributed by atoms with Crippen LogP contribution in [0.3, 0.4) is 0 Å². The molecule has 0 fully saturated rings. The zero-order chi connectivity index (χ0) is 16.8. The molecule has 1 aromatic carbocycles. The zero-order valence-corrected chi connectivity index (χ0v) is 15.7. The molecule has 1 rings (SSSR count). The van der Waals surface area contributed by atoms with Crippen LogP contribution in [0.1, 0.15) is 19.4 Å². The van der Waals surface area contributed by atoms with E-state index in [9.17, 15) is 8.77 Å². The molecule has 7 heteroatoms. The summed E-state index contributed by atoms with van der Waals surface area (Å²) >= 11 is 0. The molecule has 1 aromatic rings. The molecule has 0 N–H and O–H groups in total. The van der Waals surface area contributed by atoms with Crippen molar-refractivity contribution in [3.8, 4) is 0 Å². The molecule has 0 heterocycles. The molecule has 5 nitrogen and oxygen atoms in total. The second-order valence-corrected chi connectivity index (χ2v) is 9.41. The van der Waals surface area contributed by atoms with Crippen molar-refractivity contribution in [1.29, 1.82) is 0 Å². The number of hydrogen-bond donors (Lipinski definition) is 0. The normalized spacial score (nSPS) is 15.0. The first kappa shape index (κ1) is 19.5. The fourth-order valence-electron chi connectivity index (χ4n) is 1.99. The van der Waals surface area contributed by atoms with Gasteiger partial charge in [0.2, 0.25) is 0 Å². The lowest BCUT2D eigenvalue weighted by molar-refractivity contribution is 0.214. The summed E-state index contributed by atoms with van der Waals surface area (Å²) in [6.07, 6.45) is 0. The van der Waals surface area contributed by atoms with Crippen molar-refractivity contribution in [2.45, 2.75) is 30.7 Å². The first-order valence-electron chi connectivity index (χ1n) is 7.34. The first-order valence-corrected chi connectivity index (χ1v) is 10.2. The molecule has 22 heavy (non-hydrogen) atoms. The minimum absolute atomic E-state index is 0.256. The highest BCUT2D eigenvalue weighted by atomic mass is 32.2. The Kier molecular flexibility index (Phi) is 7.94. The molecule has 0 bridgehead atoms. The van der Waals surface area contributed by atoms with Gasteiger partial charge in [0.15, 0.2) is 4.99 Å². The summed E-state index contributed by atoms with van der Waals surface area (Å²) in [5, 5.41) is 0. The largest absolute Gasteiger partial charge is 0.347 e. The van der Waals surface area contributed by atoms with Gasteiger partial charge in [-0.2, -0.15) is 0 Å². The fraction of sp³-hybridized carbons (Fsp3) is 0.600. The van der Waals surface area contributed by atoms with Crippen molar-refractivity contribution in [3.05, 3.63) is 29.8 Å². The molecule has 0 aliphatic heterocycles. The van der Waals surface area contributed by atoms with Gasteiger partial charge in [0.05, 0.1) is 24.0 Å². The van der Waals surface area contributed by atoms with E-state index in [1.807, 2.05) is 38.1 Å². The average Bonchev–Trinajstić information content (AvgIpc) is 2.45. The predicted octanol–water partition coefficient (Wildman–Crippen LogP) is 3.26. The molecule has 0 spiro atoms. The summed E-state index contributed by atoms with van der Waals surface area (Å²) in [6.45, 7) is 6.35. The monoisotopic (exact) mass is 347 g/mol. The molecule has 2 unspecified atom stereocenters. The maximum Gasteiger partial charge on any atom is 0.347 e. The lowest BCUT2D eigenvalue weighted by Gasteiger charge is -2.27. The van der Waals surface area contributed by atoms with Gasteiger partial charge in [0.1, 0.15) is 0 Å². The Morgan fingerprint density at radius 2 is 1.64 bits per heavy atom. The molecule has 2 atom stereocenters. The fourth-order valence-corrected chi connectivity index (χ4v) is 6.46. The van der Waals surface area contributed by atoms with Crippen LogP contribution in [0.15, 0.2) is 29.2 Å². The Morgan fingerprint density at radius 3 is 2.05 bits per heavy atom. The Morgan fingerprint density at radius 1 is 1.14 bits per heavy atom. The Hall–Kier alpha value is -0.520. The van der Waals surface area contributed by atoms with Gasteiger partial charge in [-0.25, -0.2) is 0 Å². The summed E-state index contributed by atoms with van der Waals surface area (Å²) in [4.78, 5) is 1.77. The lowest BCUT2D eigenvalue weighted by Crippen LogP contribution is -2.31. The highest BCUT2D eigenvalue weighted by molar-refractivity contribution is 7.93. The molecule has 0 aliphatic carbocycles. The Labute approximate surface area is 136 Å². The van der Waals surface area contributed by atoms with E-state index in [4.69, 9.17) is 9.05 Å². The Balaban J connectivity index is 3.17. The third-order valence-electron chi connectivity index (χ3n) is 2.99. The summed E-state index contributed by atoms with van der Waals surface area (Å²) in [7, 11) is -1.24. The van der Waals surface area contributed by atoms with Crippen molar-refractivity contribution in [1.82, 2.24) is 4.90 Å². The molecule has 0 aliphatic rings. The second-order valence-electron chi connectivity index (χ2n) is 5.20. The molecule has 0 amide bonds. The molecule has 0 aromatic heterocycles. The van der Waals surface area contributed by atoms with Crippen LogP contribution in [0.25, 0.3) is 0 Å². The molecule has 0 saturated carbocycles. The van der Waals surface area contributed by atoms with E-state index in [0.717, 1.165) is 5.56 Å². The third-order valence-corrected chi connectivity index (χ3v) is 7.83. The standard InChI is InChI=1S/C15H26NO4PS/c1-6-19-21(17,20-7-2)15(12-16(4)5)22(18)14-10-8-13(3)9-11-14/h8-11,15H,6-7,12H2,1-5H3. The highest BCUT2D eigenvalue weighted by Crippen LogP contribution is 2.55. The number of nitrogens with zero attached hydrogens (tertiary/aromatic N) is 1. The highest BCUT2D eigenvalue weighted by Gasteiger charge is 2.41. The van der Waals surface area contributed by atoms with Gasteiger partial charge in [-0.05, 0) is 47.0 Å². The van der Waals surface area contributed by atoms with E-state index in [1.54, 1.807) is 26.0 Å². The van der Waals surface area contributed by atoms with Crippen LogP contribution in [0, 0.1) is 6.92 Å². The van der Waals surface area contributed by atoms with Crippen LogP contribution in [0.4, 0.5) is 0 Å². The van der Waals surface area contributed by atoms with Crippen LogP contribution < -0.4 is 0 Å². The zero-order valence-electron chi connectivity index (χ0n) is 13.9. The number of hydrogen-bond acceptors (Lipinski definition) is 5. The van der Waals surface area contributed by atoms with Crippen molar-refractivity contribution in [3.63, 3.8) is 0 Å². The smallest absolute Gasteiger partial charge is 0.308 e. The quantitative estimate of drug-likeness (QED) is 0.642. The van der Waals surface area contributed by atoms with Gasteiger partial charge in [-0.1, -0.05) is 17.7 Å². The van der Waals surface area contributed by atoms with Crippen LogP contribution >= 0.6 is 7.60 Å². The van der Waals surface area contributed by atoms with E-state index >= 15 is 0 Å². The van der Waals surface area contributed by atoms with Gasteiger partial charge in [-0.3, -0.25) is 8.77 Å². The first-order chi connectivity index (χ1) is 10.3. The molecule has 0 radical (unpaired) electrons. The summed E-state index contributed by atoms with van der Waals surface area (Å²) < 4.78 is 36.8. The van der Waals surface area contributed by atoms with Gasteiger partial charge in [0.25, 0.3) is 0 Å². The number of rotatable bonds is 9. The summed E-state index contributed by atoms with van der Waals surface area (Å²) in [5.74, 6) is 0. The maximum absolute atomic E-state index is 13.1. The molecule has 126 valence electrons. The Bertz CT molecular complexity index is 523. The molecule has 0 saturated heterocycles. The van der Waals surface area contributed by atoms with Crippen LogP contribution in [0.5, 0.6) is 0 Å². The molecular weight excluding hydrogens is 321 g/mol. The van der Waals surface area contributed by atoms with Crippen LogP contribution in [0.2, 0.25) is 0 Å². The van der Waals surface area contributed by atoms with E-state index in [1.165, 1.54) is 0 Å². The predicted molar refractivity (Wildman–Crippen MR) is 90.8 cm³/mol. The topological polar surface area (TPSA) is 55.8 Å². The van der Waals surface area contributed by atoms with Crippen molar-refractivity contribution in [2.24, 2.45) is 0 Å².